The van der Waals surface area contributed by atoms with Gasteiger partial charge in [-0.15, -0.1) is 0 Å². The number of primary amides is 1. The summed E-state index contributed by atoms with van der Waals surface area (Å²) in [5.74, 6) is -0.155. The van der Waals surface area contributed by atoms with Gasteiger partial charge in [0.05, 0.1) is 0 Å². The quantitative estimate of drug-likeness (QED) is 0.253. The zero-order chi connectivity index (χ0) is 22.4. The summed E-state index contributed by atoms with van der Waals surface area (Å²) >= 11 is 0. The second-order valence-corrected chi connectivity index (χ2v) is 8.83. The minimum absolute atomic E-state index is 0.155. The molecule has 4 N–H and O–H groups in total. The molecule has 3 nitrogen and oxygen atoms in total. The monoisotopic (exact) mass is 412 g/mol. The van der Waals surface area contributed by atoms with Crippen molar-refractivity contribution in [3.63, 3.8) is 0 Å². The van der Waals surface area contributed by atoms with Gasteiger partial charge in [0.2, 0.25) is 5.91 Å². The summed E-state index contributed by atoms with van der Waals surface area (Å²) in [6.07, 6.45) is 23.1. The van der Waals surface area contributed by atoms with E-state index in [2.05, 4.69) is 20.8 Å². The molecule has 29 heavy (non-hydrogen) atoms. The van der Waals surface area contributed by atoms with Gasteiger partial charge < -0.3 is 11.5 Å². The van der Waals surface area contributed by atoms with E-state index >= 15 is 0 Å². The van der Waals surface area contributed by atoms with Crippen LogP contribution < -0.4 is 11.5 Å². The van der Waals surface area contributed by atoms with Crippen molar-refractivity contribution in [2.45, 2.75) is 156 Å². The molecule has 0 aliphatic heterocycles. The summed E-state index contributed by atoms with van der Waals surface area (Å²) in [6, 6.07) is 0.518. The molecule has 0 heterocycles. The molecule has 0 saturated heterocycles. The number of hydrogen-bond donors (Lipinski definition) is 2. The van der Waals surface area contributed by atoms with Gasteiger partial charge in [0, 0.05) is 12.5 Å². The molecule has 0 atom stereocenters. The van der Waals surface area contributed by atoms with Gasteiger partial charge in [-0.25, -0.2) is 0 Å². The summed E-state index contributed by atoms with van der Waals surface area (Å²) in [5.41, 5.74) is 11.5. The van der Waals surface area contributed by atoms with Gasteiger partial charge in [-0.05, 0) is 24.7 Å². The van der Waals surface area contributed by atoms with E-state index in [1.165, 1.54) is 103 Å². The summed E-state index contributed by atoms with van der Waals surface area (Å²) in [7, 11) is 0. The molecule has 0 spiro atoms. The average Bonchev–Trinajstić information content (AvgIpc) is 2.70. The first-order valence-electron chi connectivity index (χ1n) is 13.0. The Morgan fingerprint density at radius 1 is 0.724 bits per heavy atom. The van der Waals surface area contributed by atoms with Gasteiger partial charge in [0.15, 0.2) is 0 Å². The third kappa shape index (κ3) is 19.2. The van der Waals surface area contributed by atoms with Crippen LogP contribution in [0.4, 0.5) is 0 Å². The largest absolute Gasteiger partial charge is 0.370 e. The van der Waals surface area contributed by atoms with Crippen molar-refractivity contribution in [3.8, 4) is 0 Å². The van der Waals surface area contributed by atoms with Crippen LogP contribution in [0, 0.1) is 5.41 Å². The minimum Gasteiger partial charge on any atom is -0.370 e. The van der Waals surface area contributed by atoms with E-state index in [1.54, 1.807) is 0 Å². The maximum absolute atomic E-state index is 10.5. The van der Waals surface area contributed by atoms with Crippen LogP contribution in [0.1, 0.15) is 150 Å². The molecule has 0 aromatic carbocycles. The summed E-state index contributed by atoms with van der Waals surface area (Å²) in [5, 5.41) is 0. The number of hydrogen-bond acceptors (Lipinski definition) is 2. The number of nitrogens with two attached hydrogens (primary N) is 2. The van der Waals surface area contributed by atoms with Crippen molar-refractivity contribution in [1.29, 1.82) is 0 Å². The minimum atomic E-state index is -0.155. The van der Waals surface area contributed by atoms with Crippen LogP contribution in [0.25, 0.3) is 0 Å². The fraction of sp³-hybridized carbons (Fsp3) is 0.962. The Morgan fingerprint density at radius 2 is 1.07 bits per heavy atom. The van der Waals surface area contributed by atoms with Crippen molar-refractivity contribution in [3.05, 3.63) is 0 Å². The van der Waals surface area contributed by atoms with Gasteiger partial charge in [0.25, 0.3) is 0 Å². The molecule has 1 fully saturated rings. The number of carbonyl (C=O) groups is 1. The van der Waals surface area contributed by atoms with Gasteiger partial charge >= 0.3 is 0 Å². The lowest BCUT2D eigenvalue weighted by Gasteiger charge is -2.45. The lowest BCUT2D eigenvalue weighted by atomic mass is 9.63. The smallest absolute Gasteiger partial charge is 0.217 e. The molecule has 1 saturated carbocycles. The molecular formula is C26H56N2O. The Balaban J connectivity index is 0. The highest BCUT2D eigenvalue weighted by molar-refractivity contribution is 5.73. The molecule has 0 aromatic heterocycles. The van der Waals surface area contributed by atoms with Gasteiger partial charge in [-0.1, -0.05) is 125 Å². The standard InChI is InChI=1S/C16H33NO.C8H17N.C2H6/c1-2-3-4-5-6-7-8-9-10-11-12-13-14-15-16(17)18;1-3-8(4-2)5-7(9)6-8;1-2/h2-15H2,1H3,(H2,17,18);7H,3-6,9H2,1-2H3;1-2H3. The molecule has 1 aliphatic carbocycles. The molecule has 0 aromatic rings. The fourth-order valence-electron chi connectivity index (χ4n) is 4.20. The Hall–Kier alpha value is -0.570. The molecule has 1 amide bonds. The second kappa shape index (κ2) is 22.1. The van der Waals surface area contributed by atoms with E-state index in [4.69, 9.17) is 11.5 Å². The number of carbonyl (C=O) groups excluding carboxylic acids is 1. The topological polar surface area (TPSA) is 69.1 Å². The van der Waals surface area contributed by atoms with Gasteiger partial charge in [0.1, 0.15) is 0 Å². The molecule has 3 heteroatoms. The maximum Gasteiger partial charge on any atom is 0.217 e. The predicted octanol–water partition coefficient (Wildman–Crippen LogP) is 7.89. The number of rotatable bonds is 16. The van der Waals surface area contributed by atoms with E-state index in [9.17, 15) is 4.79 Å². The van der Waals surface area contributed by atoms with Crippen LogP contribution in [0.2, 0.25) is 0 Å². The first-order chi connectivity index (χ1) is 14.0. The highest BCUT2D eigenvalue weighted by atomic mass is 16.1. The van der Waals surface area contributed by atoms with Crippen LogP contribution in [-0.2, 0) is 4.79 Å². The van der Waals surface area contributed by atoms with E-state index < -0.39 is 0 Å². The highest BCUT2D eigenvalue weighted by Crippen LogP contribution is 2.45. The molecular weight excluding hydrogens is 356 g/mol. The Labute approximate surface area is 184 Å². The van der Waals surface area contributed by atoms with Crippen molar-refractivity contribution in [1.82, 2.24) is 0 Å². The highest BCUT2D eigenvalue weighted by Gasteiger charge is 2.38. The van der Waals surface area contributed by atoms with E-state index in [0.29, 0.717) is 17.9 Å². The van der Waals surface area contributed by atoms with Crippen LogP contribution in [0.3, 0.4) is 0 Å². The molecule has 1 rings (SSSR count). The lowest BCUT2D eigenvalue weighted by Crippen LogP contribution is -2.45. The van der Waals surface area contributed by atoms with Crippen molar-refractivity contribution in [2.75, 3.05) is 0 Å². The second-order valence-electron chi connectivity index (χ2n) is 8.83. The number of unbranched alkanes of at least 4 members (excludes halogenated alkanes) is 12. The van der Waals surface area contributed by atoms with Crippen molar-refractivity contribution >= 4 is 5.91 Å². The van der Waals surface area contributed by atoms with Crippen LogP contribution in [0.15, 0.2) is 0 Å². The zero-order valence-corrected chi connectivity index (χ0v) is 20.9. The molecule has 0 radical (unpaired) electrons. The predicted molar refractivity (Wildman–Crippen MR) is 131 cm³/mol. The Bertz CT molecular complexity index is 332. The van der Waals surface area contributed by atoms with Crippen LogP contribution in [0.5, 0.6) is 0 Å². The Morgan fingerprint density at radius 3 is 1.31 bits per heavy atom. The third-order valence-electron chi connectivity index (χ3n) is 6.42. The fourth-order valence-corrected chi connectivity index (χ4v) is 4.20. The zero-order valence-electron chi connectivity index (χ0n) is 20.9. The normalized spacial score (nSPS) is 14.8. The molecule has 0 unspecified atom stereocenters. The third-order valence-corrected chi connectivity index (χ3v) is 6.42. The van der Waals surface area contributed by atoms with E-state index in [1.807, 2.05) is 13.8 Å². The summed E-state index contributed by atoms with van der Waals surface area (Å²) < 4.78 is 0. The average molecular weight is 413 g/mol. The van der Waals surface area contributed by atoms with Crippen molar-refractivity contribution in [2.24, 2.45) is 16.9 Å². The molecule has 1 aliphatic rings. The van der Waals surface area contributed by atoms with Crippen LogP contribution in [-0.4, -0.2) is 11.9 Å². The lowest BCUT2D eigenvalue weighted by molar-refractivity contribution is -0.118. The Kier molecular flexibility index (Phi) is 23.4. The van der Waals surface area contributed by atoms with Crippen LogP contribution >= 0.6 is 0 Å². The number of amides is 1. The van der Waals surface area contributed by atoms with Crippen molar-refractivity contribution < 1.29 is 4.79 Å². The van der Waals surface area contributed by atoms with E-state index in [0.717, 1.165) is 6.42 Å². The SMILES string of the molecule is CC.CCC1(CC)CC(N)C1.CCCCCCCCCCCCCCCC(N)=O. The first-order valence-corrected chi connectivity index (χ1v) is 13.0. The summed E-state index contributed by atoms with van der Waals surface area (Å²) in [6.45, 7) is 10.8. The maximum atomic E-state index is 10.5. The first kappa shape index (κ1) is 30.6. The summed E-state index contributed by atoms with van der Waals surface area (Å²) in [4.78, 5) is 10.5. The van der Waals surface area contributed by atoms with Gasteiger partial charge in [-0.2, -0.15) is 0 Å². The van der Waals surface area contributed by atoms with E-state index in [-0.39, 0.29) is 5.91 Å². The van der Waals surface area contributed by atoms with Gasteiger partial charge in [-0.3, -0.25) is 4.79 Å². The molecule has 0 bridgehead atoms. The molecule has 176 valence electrons.